The molecule has 0 aromatic carbocycles. The van der Waals surface area contributed by atoms with E-state index in [9.17, 15) is 18.0 Å². The van der Waals surface area contributed by atoms with Gasteiger partial charge in [0, 0.05) is 29.5 Å². The summed E-state index contributed by atoms with van der Waals surface area (Å²) in [5.41, 5.74) is 3.59. The fourth-order valence-corrected chi connectivity index (χ4v) is 3.77. The van der Waals surface area contributed by atoms with Crippen LogP contribution in [0.2, 0.25) is 5.15 Å². The Morgan fingerprint density at radius 2 is 2.10 bits per heavy atom. The molecule has 0 saturated carbocycles. The number of fused-ring (bicyclic) bond motifs is 1. The average Bonchev–Trinajstić information content (AvgIpc) is 3.25. The first-order valence-corrected chi connectivity index (χ1v) is 9.75. The molecule has 30 heavy (non-hydrogen) atoms. The molecule has 0 atom stereocenters. The number of nitrogens with zero attached hydrogens (tertiary/aromatic N) is 5. The average molecular weight is 453 g/mol. The quantitative estimate of drug-likeness (QED) is 0.496. The number of hydrogen-bond acceptors (Lipinski definition) is 6. The van der Waals surface area contributed by atoms with Gasteiger partial charge in [-0.05, 0) is 19.1 Å². The summed E-state index contributed by atoms with van der Waals surface area (Å²) < 4.78 is 39.9. The summed E-state index contributed by atoms with van der Waals surface area (Å²) in [7, 11) is 0. The predicted octanol–water partition coefficient (Wildman–Crippen LogP) is 4.40. The van der Waals surface area contributed by atoms with Gasteiger partial charge < -0.3 is 0 Å². The monoisotopic (exact) mass is 452 g/mol. The van der Waals surface area contributed by atoms with Gasteiger partial charge in [-0.25, -0.2) is 15.0 Å². The molecular formula is C18H12ClF3N6OS. The summed E-state index contributed by atoms with van der Waals surface area (Å²) in [5, 5.41) is 2.47. The maximum atomic E-state index is 12.9. The number of nitrogens with one attached hydrogen (secondary N) is 1. The maximum Gasteiger partial charge on any atom is 0.393 e. The molecule has 4 heterocycles. The van der Waals surface area contributed by atoms with Crippen LogP contribution < -0.4 is 5.43 Å². The van der Waals surface area contributed by atoms with E-state index in [0.29, 0.717) is 27.2 Å². The third-order valence-corrected chi connectivity index (χ3v) is 5.30. The minimum absolute atomic E-state index is 0.0395. The molecule has 0 radical (unpaired) electrons. The van der Waals surface area contributed by atoms with Crippen LogP contribution in [0.25, 0.3) is 21.9 Å². The molecule has 0 fully saturated rings. The molecule has 0 aliphatic carbocycles. The van der Waals surface area contributed by atoms with Crippen molar-refractivity contribution in [2.24, 2.45) is 0 Å². The summed E-state index contributed by atoms with van der Waals surface area (Å²) in [6, 6.07) is 3.14. The van der Waals surface area contributed by atoms with Crippen LogP contribution in [-0.2, 0) is 6.42 Å². The lowest BCUT2D eigenvalue weighted by atomic mass is 10.2. The van der Waals surface area contributed by atoms with E-state index < -0.39 is 18.5 Å². The maximum absolute atomic E-state index is 12.9. The zero-order valence-corrected chi connectivity index (χ0v) is 16.8. The molecule has 4 aromatic heterocycles. The van der Waals surface area contributed by atoms with E-state index in [0.717, 1.165) is 0 Å². The summed E-state index contributed by atoms with van der Waals surface area (Å²) in [4.78, 5) is 29.3. The number of thiazole rings is 1. The first-order valence-electron chi connectivity index (χ1n) is 8.49. The van der Waals surface area contributed by atoms with Crippen LogP contribution in [0.15, 0.2) is 36.1 Å². The van der Waals surface area contributed by atoms with Gasteiger partial charge in [0.2, 0.25) is 0 Å². The number of carbonyl (C=O) groups is 1. The van der Waals surface area contributed by atoms with Crippen LogP contribution in [0.5, 0.6) is 0 Å². The van der Waals surface area contributed by atoms with Crippen molar-refractivity contribution < 1.29 is 18.0 Å². The van der Waals surface area contributed by atoms with Crippen molar-refractivity contribution in [1.29, 1.82) is 0 Å². The van der Waals surface area contributed by atoms with Crippen LogP contribution in [0.3, 0.4) is 0 Å². The number of aromatic nitrogens is 5. The van der Waals surface area contributed by atoms with Crippen LogP contribution in [0.1, 0.15) is 21.6 Å². The van der Waals surface area contributed by atoms with Gasteiger partial charge in [0.1, 0.15) is 5.15 Å². The fraction of sp³-hybridized carbons (Fsp3) is 0.167. The molecular weight excluding hydrogens is 441 g/mol. The second-order valence-electron chi connectivity index (χ2n) is 6.30. The third kappa shape index (κ3) is 4.12. The lowest BCUT2D eigenvalue weighted by molar-refractivity contribution is -0.127. The zero-order valence-electron chi connectivity index (χ0n) is 15.2. The Bertz CT molecular complexity index is 1250. The van der Waals surface area contributed by atoms with Gasteiger partial charge in [-0.3, -0.25) is 19.9 Å². The third-order valence-electron chi connectivity index (χ3n) is 4.14. The molecule has 0 aliphatic rings. The van der Waals surface area contributed by atoms with Crippen LogP contribution in [0.4, 0.5) is 13.2 Å². The van der Waals surface area contributed by atoms with Gasteiger partial charge in [-0.2, -0.15) is 13.2 Å². The first-order chi connectivity index (χ1) is 14.2. The summed E-state index contributed by atoms with van der Waals surface area (Å²) >= 11 is 7.08. The summed E-state index contributed by atoms with van der Waals surface area (Å²) in [6.45, 7) is 1.62. The smallest absolute Gasteiger partial charge is 0.267 e. The SMILES string of the molecule is Cc1nc(-c2nc(Cl)cs2)ncc1C(=O)Nn1cc(CC(F)(F)F)c2ncccc21. The largest absolute Gasteiger partial charge is 0.393 e. The van der Waals surface area contributed by atoms with Gasteiger partial charge in [0.05, 0.1) is 28.7 Å². The van der Waals surface area contributed by atoms with Crippen LogP contribution in [-0.4, -0.2) is 36.7 Å². The van der Waals surface area contributed by atoms with E-state index in [2.05, 4.69) is 25.4 Å². The molecule has 0 saturated heterocycles. The molecule has 0 unspecified atom stereocenters. The fourth-order valence-electron chi connectivity index (χ4n) is 2.88. The first kappa shape index (κ1) is 20.2. The second kappa shape index (κ2) is 7.65. The lowest BCUT2D eigenvalue weighted by Crippen LogP contribution is -2.23. The van der Waals surface area contributed by atoms with Gasteiger partial charge >= 0.3 is 6.18 Å². The molecule has 1 amide bonds. The molecule has 12 heteroatoms. The molecule has 0 aliphatic heterocycles. The van der Waals surface area contributed by atoms with Crippen molar-refractivity contribution in [1.82, 2.24) is 24.6 Å². The highest BCUT2D eigenvalue weighted by molar-refractivity contribution is 7.13. The normalized spacial score (nSPS) is 11.8. The Morgan fingerprint density at radius 3 is 2.77 bits per heavy atom. The highest BCUT2D eigenvalue weighted by atomic mass is 35.5. The lowest BCUT2D eigenvalue weighted by Gasteiger charge is -2.09. The molecule has 4 aromatic rings. The number of hydrogen-bond donors (Lipinski definition) is 1. The number of rotatable bonds is 4. The minimum atomic E-state index is -4.40. The van der Waals surface area contributed by atoms with E-state index >= 15 is 0 Å². The molecule has 0 bridgehead atoms. The van der Waals surface area contributed by atoms with Crippen molar-refractivity contribution >= 4 is 39.9 Å². The number of amides is 1. The zero-order chi connectivity index (χ0) is 21.5. The minimum Gasteiger partial charge on any atom is -0.267 e. The molecule has 4 rings (SSSR count). The van der Waals surface area contributed by atoms with Gasteiger partial charge in [0.15, 0.2) is 10.8 Å². The van der Waals surface area contributed by atoms with Gasteiger partial charge in [-0.1, -0.05) is 11.6 Å². The molecule has 7 nitrogen and oxygen atoms in total. The van der Waals surface area contributed by atoms with Crippen molar-refractivity contribution in [3.63, 3.8) is 0 Å². The summed E-state index contributed by atoms with van der Waals surface area (Å²) in [6.07, 6.45) is -1.61. The molecule has 1 N–H and O–H groups in total. The Kier molecular flexibility index (Phi) is 5.16. The molecule has 0 spiro atoms. The number of alkyl halides is 3. The highest BCUT2D eigenvalue weighted by Gasteiger charge is 2.30. The van der Waals surface area contributed by atoms with Gasteiger partial charge in [0.25, 0.3) is 5.91 Å². The molecule has 154 valence electrons. The van der Waals surface area contributed by atoms with Crippen molar-refractivity contribution in [2.75, 3.05) is 5.43 Å². The highest BCUT2D eigenvalue weighted by Crippen LogP contribution is 2.27. The Labute approximate surface area is 176 Å². The summed E-state index contributed by atoms with van der Waals surface area (Å²) in [5.74, 6) is -0.250. The number of pyridine rings is 1. The Hall–Kier alpha value is -3.05. The van der Waals surface area contributed by atoms with E-state index in [4.69, 9.17) is 11.6 Å². The number of aryl methyl sites for hydroxylation is 1. The standard InChI is InChI=1S/C18H12ClF3N6OS/c1-9-11(6-24-15(25-9)17-26-13(19)8-30-17)16(29)27-28-7-10(5-18(20,21)22)14-12(28)3-2-4-23-14/h2-4,6-8H,5H2,1H3,(H,27,29). The van der Waals surface area contributed by atoms with E-state index in [1.165, 1.54) is 34.6 Å². The van der Waals surface area contributed by atoms with Crippen LogP contribution in [0, 0.1) is 6.92 Å². The topological polar surface area (TPSA) is 85.6 Å². The second-order valence-corrected chi connectivity index (χ2v) is 7.54. The van der Waals surface area contributed by atoms with E-state index in [-0.39, 0.29) is 16.6 Å². The predicted molar refractivity (Wildman–Crippen MR) is 106 cm³/mol. The number of carbonyl (C=O) groups excluding carboxylic acids is 1. The Morgan fingerprint density at radius 1 is 1.30 bits per heavy atom. The van der Waals surface area contributed by atoms with Crippen molar-refractivity contribution in [3.05, 3.63) is 58.1 Å². The Balaban J connectivity index is 1.63. The van der Waals surface area contributed by atoms with Crippen molar-refractivity contribution in [3.8, 4) is 10.8 Å². The number of halogens is 4. The van der Waals surface area contributed by atoms with Gasteiger partial charge in [-0.15, -0.1) is 11.3 Å². The van der Waals surface area contributed by atoms with Crippen molar-refractivity contribution in [2.45, 2.75) is 19.5 Å². The van der Waals surface area contributed by atoms with E-state index in [1.54, 1.807) is 24.4 Å². The van der Waals surface area contributed by atoms with E-state index in [1.807, 2.05) is 0 Å². The van der Waals surface area contributed by atoms with Crippen LogP contribution >= 0.6 is 22.9 Å².